The van der Waals surface area contributed by atoms with Crippen LogP contribution >= 0.6 is 12.4 Å². The van der Waals surface area contributed by atoms with E-state index in [1.807, 2.05) is 19.1 Å². The standard InChI is InChI=1S/C17H22N4O3S.ClH/c1-12-10-14-4-3-5-15(16(14)19-11-12)25(23,24)21-8-6-20(7-9-21)17(22)13(2)18;/h3-5,10-11,13H,6-9,18H2,1-2H3;1H. The molecule has 2 N–H and O–H groups in total. The summed E-state index contributed by atoms with van der Waals surface area (Å²) in [6.45, 7) is 4.75. The number of nitrogens with zero attached hydrogens (tertiary/aromatic N) is 3. The summed E-state index contributed by atoms with van der Waals surface area (Å²) >= 11 is 0. The highest BCUT2D eigenvalue weighted by atomic mass is 35.5. The van der Waals surface area contributed by atoms with Gasteiger partial charge in [0.1, 0.15) is 4.90 Å². The highest BCUT2D eigenvalue weighted by molar-refractivity contribution is 7.89. The molecule has 9 heteroatoms. The van der Waals surface area contributed by atoms with Crippen molar-refractivity contribution >= 4 is 39.2 Å². The van der Waals surface area contributed by atoms with Crippen LogP contribution in [0.4, 0.5) is 0 Å². The smallest absolute Gasteiger partial charge is 0.245 e. The molecular formula is C17H23ClN4O3S. The van der Waals surface area contributed by atoms with Gasteiger partial charge in [-0.1, -0.05) is 12.1 Å². The number of amides is 1. The Labute approximate surface area is 159 Å². The Kier molecular flexibility index (Phi) is 6.23. The summed E-state index contributed by atoms with van der Waals surface area (Å²) in [6.07, 6.45) is 1.67. The van der Waals surface area contributed by atoms with E-state index in [9.17, 15) is 13.2 Å². The summed E-state index contributed by atoms with van der Waals surface area (Å²) in [5.74, 6) is -0.153. The van der Waals surface area contributed by atoms with E-state index in [0.717, 1.165) is 10.9 Å². The topological polar surface area (TPSA) is 96.6 Å². The lowest BCUT2D eigenvalue weighted by atomic mass is 10.2. The second-order valence-corrected chi connectivity index (χ2v) is 8.26. The van der Waals surface area contributed by atoms with Crippen LogP contribution in [0.5, 0.6) is 0 Å². The molecule has 1 saturated heterocycles. The summed E-state index contributed by atoms with van der Waals surface area (Å²) in [5.41, 5.74) is 7.07. The van der Waals surface area contributed by atoms with E-state index in [2.05, 4.69) is 4.98 Å². The maximum absolute atomic E-state index is 13.1. The Bertz CT molecular complexity index is 909. The Hall–Kier alpha value is -1.74. The molecule has 3 rings (SSSR count). The van der Waals surface area contributed by atoms with E-state index in [-0.39, 0.29) is 36.3 Å². The molecule has 1 amide bonds. The van der Waals surface area contributed by atoms with Crippen molar-refractivity contribution in [3.8, 4) is 0 Å². The second kappa shape index (κ2) is 7.87. The van der Waals surface area contributed by atoms with Gasteiger partial charge in [-0.05, 0) is 31.5 Å². The fraction of sp³-hybridized carbons (Fsp3) is 0.412. The quantitative estimate of drug-likeness (QED) is 0.836. The Morgan fingerprint density at radius 1 is 1.23 bits per heavy atom. The third kappa shape index (κ3) is 3.83. The SMILES string of the molecule is Cc1cnc2c(S(=O)(=O)N3CCN(C(=O)C(C)N)CC3)cccc2c1.Cl. The van der Waals surface area contributed by atoms with Crippen LogP contribution in [-0.2, 0) is 14.8 Å². The highest BCUT2D eigenvalue weighted by Crippen LogP contribution is 2.25. The van der Waals surface area contributed by atoms with E-state index in [1.54, 1.807) is 30.2 Å². The van der Waals surface area contributed by atoms with Gasteiger partial charge in [-0.15, -0.1) is 12.4 Å². The summed E-state index contributed by atoms with van der Waals surface area (Å²) in [4.78, 5) is 18.1. The maximum Gasteiger partial charge on any atom is 0.245 e. The summed E-state index contributed by atoms with van der Waals surface area (Å²) in [5, 5.41) is 0.798. The van der Waals surface area contributed by atoms with E-state index in [4.69, 9.17) is 5.73 Å². The molecule has 1 unspecified atom stereocenters. The normalized spacial score (nSPS) is 17.0. The van der Waals surface area contributed by atoms with Crippen LogP contribution < -0.4 is 5.73 Å². The molecule has 2 aromatic rings. The van der Waals surface area contributed by atoms with Crippen molar-refractivity contribution in [3.05, 3.63) is 36.0 Å². The number of hydrogen-bond acceptors (Lipinski definition) is 5. The third-order valence-corrected chi connectivity index (χ3v) is 6.30. The van der Waals surface area contributed by atoms with E-state index in [0.29, 0.717) is 18.6 Å². The van der Waals surface area contributed by atoms with E-state index < -0.39 is 16.1 Å². The highest BCUT2D eigenvalue weighted by Gasteiger charge is 2.32. The monoisotopic (exact) mass is 398 g/mol. The molecule has 2 heterocycles. The zero-order valence-corrected chi connectivity index (χ0v) is 16.4. The van der Waals surface area contributed by atoms with Gasteiger partial charge in [0.05, 0.1) is 11.6 Å². The summed E-state index contributed by atoms with van der Waals surface area (Å²) in [7, 11) is -3.67. The number of carbonyl (C=O) groups is 1. The molecule has 26 heavy (non-hydrogen) atoms. The van der Waals surface area contributed by atoms with E-state index >= 15 is 0 Å². The first-order valence-corrected chi connectivity index (χ1v) is 9.64. The number of aromatic nitrogens is 1. The number of benzene rings is 1. The molecule has 0 saturated carbocycles. The molecule has 1 atom stereocenters. The Balaban J connectivity index is 0.00000243. The van der Waals surface area contributed by atoms with Gasteiger partial charge in [0.15, 0.2) is 0 Å². The molecule has 1 fully saturated rings. The number of para-hydroxylation sites is 1. The first kappa shape index (κ1) is 20.6. The minimum absolute atomic E-state index is 0. The number of halogens is 1. The van der Waals surface area contributed by atoms with Crippen LogP contribution in [0.3, 0.4) is 0 Å². The molecule has 0 spiro atoms. The molecule has 1 aromatic carbocycles. The van der Waals surface area contributed by atoms with Crippen molar-refractivity contribution in [2.45, 2.75) is 24.8 Å². The zero-order valence-electron chi connectivity index (χ0n) is 14.8. The van der Waals surface area contributed by atoms with Gasteiger partial charge in [-0.2, -0.15) is 4.31 Å². The van der Waals surface area contributed by atoms with Crippen LogP contribution in [-0.4, -0.2) is 60.7 Å². The van der Waals surface area contributed by atoms with Crippen LogP contribution in [0.1, 0.15) is 12.5 Å². The molecule has 0 aliphatic carbocycles. The molecule has 1 aliphatic rings. The van der Waals surface area contributed by atoms with Crippen LogP contribution in [0.15, 0.2) is 35.4 Å². The summed E-state index contributed by atoms with van der Waals surface area (Å²) in [6, 6.07) is 6.51. The number of pyridine rings is 1. The largest absolute Gasteiger partial charge is 0.339 e. The fourth-order valence-electron chi connectivity index (χ4n) is 3.03. The summed E-state index contributed by atoms with van der Waals surface area (Å²) < 4.78 is 27.5. The van der Waals surface area contributed by atoms with Crippen molar-refractivity contribution < 1.29 is 13.2 Å². The number of hydrogen-bond donors (Lipinski definition) is 1. The van der Waals surface area contributed by atoms with Gasteiger partial charge < -0.3 is 10.6 Å². The van der Waals surface area contributed by atoms with Crippen molar-refractivity contribution in [1.82, 2.24) is 14.2 Å². The van der Waals surface area contributed by atoms with Gasteiger partial charge in [-0.3, -0.25) is 9.78 Å². The number of fused-ring (bicyclic) bond motifs is 1. The lowest BCUT2D eigenvalue weighted by Crippen LogP contribution is -2.53. The van der Waals surface area contributed by atoms with E-state index in [1.165, 1.54) is 4.31 Å². The number of carbonyl (C=O) groups excluding carboxylic acids is 1. The van der Waals surface area contributed by atoms with Crippen LogP contribution in [0.2, 0.25) is 0 Å². The van der Waals surface area contributed by atoms with Gasteiger partial charge in [0.2, 0.25) is 15.9 Å². The average molecular weight is 399 g/mol. The minimum atomic E-state index is -3.67. The van der Waals surface area contributed by atoms with Crippen molar-refractivity contribution in [2.75, 3.05) is 26.2 Å². The molecular weight excluding hydrogens is 376 g/mol. The van der Waals surface area contributed by atoms with Gasteiger partial charge >= 0.3 is 0 Å². The number of nitrogens with two attached hydrogens (primary N) is 1. The second-order valence-electron chi connectivity index (χ2n) is 6.36. The number of sulfonamides is 1. The van der Waals surface area contributed by atoms with Crippen LogP contribution in [0, 0.1) is 6.92 Å². The van der Waals surface area contributed by atoms with Crippen molar-refractivity contribution in [1.29, 1.82) is 0 Å². The Morgan fingerprint density at radius 3 is 2.50 bits per heavy atom. The van der Waals surface area contributed by atoms with Crippen molar-refractivity contribution in [2.24, 2.45) is 5.73 Å². The minimum Gasteiger partial charge on any atom is -0.339 e. The molecule has 142 valence electrons. The molecule has 0 radical (unpaired) electrons. The number of rotatable bonds is 3. The number of piperazine rings is 1. The Morgan fingerprint density at radius 2 is 1.88 bits per heavy atom. The van der Waals surface area contributed by atoms with Gasteiger partial charge in [0.25, 0.3) is 0 Å². The van der Waals surface area contributed by atoms with Gasteiger partial charge in [-0.25, -0.2) is 8.42 Å². The predicted molar refractivity (Wildman–Crippen MR) is 103 cm³/mol. The van der Waals surface area contributed by atoms with Gasteiger partial charge in [0, 0.05) is 37.8 Å². The molecule has 7 nitrogen and oxygen atoms in total. The van der Waals surface area contributed by atoms with Crippen LogP contribution in [0.25, 0.3) is 10.9 Å². The average Bonchev–Trinajstić information content (AvgIpc) is 2.60. The maximum atomic E-state index is 13.1. The number of aryl methyl sites for hydroxylation is 1. The molecule has 0 bridgehead atoms. The lowest BCUT2D eigenvalue weighted by Gasteiger charge is -2.34. The molecule has 1 aliphatic heterocycles. The fourth-order valence-corrected chi connectivity index (χ4v) is 4.61. The first-order valence-electron chi connectivity index (χ1n) is 8.20. The molecule has 1 aromatic heterocycles. The van der Waals surface area contributed by atoms with Crippen molar-refractivity contribution in [3.63, 3.8) is 0 Å². The lowest BCUT2D eigenvalue weighted by molar-refractivity contribution is -0.133. The zero-order chi connectivity index (χ0) is 18.2. The third-order valence-electron chi connectivity index (χ3n) is 4.37. The first-order chi connectivity index (χ1) is 11.8. The predicted octanol–water partition coefficient (Wildman–Crippen LogP) is 1.15.